The normalized spacial score (nSPS) is 29.5. The summed E-state index contributed by atoms with van der Waals surface area (Å²) in [6.45, 7) is 0.737. The number of aromatic hydroxyl groups is 1. The van der Waals surface area contributed by atoms with Crippen molar-refractivity contribution in [3.8, 4) is 5.75 Å². The molecule has 0 spiro atoms. The second-order valence-electron chi connectivity index (χ2n) is 5.47. The van der Waals surface area contributed by atoms with Crippen molar-refractivity contribution < 1.29 is 9.84 Å². The lowest BCUT2D eigenvalue weighted by molar-refractivity contribution is 0.121. The van der Waals surface area contributed by atoms with Gasteiger partial charge in [-0.05, 0) is 37.8 Å². The standard InChI is InChI=1S/C15H20N2O2/c16-9-10-5-6-12-14(7-10)19-15(17-12)8-11-3-1-2-4-13(11)18/h1-4,10,12,14,18H,5-9,16H2. The molecule has 4 heteroatoms. The van der Waals surface area contributed by atoms with Gasteiger partial charge >= 0.3 is 0 Å². The summed E-state index contributed by atoms with van der Waals surface area (Å²) in [6, 6.07) is 7.64. The monoisotopic (exact) mass is 260 g/mol. The molecule has 0 saturated heterocycles. The minimum absolute atomic E-state index is 0.197. The van der Waals surface area contributed by atoms with Gasteiger partial charge in [-0.1, -0.05) is 18.2 Å². The molecule has 0 amide bonds. The zero-order valence-corrected chi connectivity index (χ0v) is 11.0. The minimum Gasteiger partial charge on any atom is -0.508 e. The molecule has 4 nitrogen and oxygen atoms in total. The first-order chi connectivity index (χ1) is 9.26. The van der Waals surface area contributed by atoms with E-state index in [4.69, 9.17) is 10.5 Å². The second-order valence-corrected chi connectivity index (χ2v) is 5.47. The van der Waals surface area contributed by atoms with E-state index in [0.29, 0.717) is 24.1 Å². The van der Waals surface area contributed by atoms with E-state index in [0.717, 1.165) is 37.3 Å². The van der Waals surface area contributed by atoms with Crippen molar-refractivity contribution in [2.45, 2.75) is 37.8 Å². The van der Waals surface area contributed by atoms with E-state index >= 15 is 0 Å². The molecule has 1 aromatic rings. The zero-order chi connectivity index (χ0) is 13.2. The van der Waals surface area contributed by atoms with Gasteiger partial charge in [-0.3, -0.25) is 0 Å². The summed E-state index contributed by atoms with van der Waals surface area (Å²) in [7, 11) is 0. The number of benzene rings is 1. The first-order valence-corrected chi connectivity index (χ1v) is 6.96. The first kappa shape index (κ1) is 12.5. The maximum atomic E-state index is 9.78. The van der Waals surface area contributed by atoms with Gasteiger partial charge in [0.2, 0.25) is 0 Å². The van der Waals surface area contributed by atoms with Crippen LogP contribution in [0.3, 0.4) is 0 Å². The number of phenols is 1. The van der Waals surface area contributed by atoms with Crippen LogP contribution in [0.1, 0.15) is 24.8 Å². The van der Waals surface area contributed by atoms with Gasteiger partial charge in [0.15, 0.2) is 5.90 Å². The quantitative estimate of drug-likeness (QED) is 0.871. The Labute approximate surface area is 113 Å². The Morgan fingerprint density at radius 2 is 2.16 bits per heavy atom. The summed E-state index contributed by atoms with van der Waals surface area (Å²) >= 11 is 0. The predicted molar refractivity (Wildman–Crippen MR) is 74.3 cm³/mol. The van der Waals surface area contributed by atoms with E-state index in [-0.39, 0.29) is 6.10 Å². The summed E-state index contributed by atoms with van der Waals surface area (Å²) in [4.78, 5) is 4.66. The summed E-state index contributed by atoms with van der Waals surface area (Å²) in [5, 5.41) is 9.78. The third kappa shape index (κ3) is 2.59. The number of phenolic OH excluding ortho intramolecular Hbond substituents is 1. The third-order valence-electron chi connectivity index (χ3n) is 4.13. The third-order valence-corrected chi connectivity index (χ3v) is 4.13. The van der Waals surface area contributed by atoms with Crippen LogP contribution in [-0.4, -0.2) is 29.7 Å². The smallest absolute Gasteiger partial charge is 0.188 e. The van der Waals surface area contributed by atoms with Gasteiger partial charge in [-0.15, -0.1) is 0 Å². The molecule has 0 aromatic heterocycles. The molecule has 2 aliphatic rings. The molecule has 1 aliphatic heterocycles. The summed E-state index contributed by atoms with van der Waals surface area (Å²) in [5.41, 5.74) is 6.61. The lowest BCUT2D eigenvalue weighted by Gasteiger charge is -2.28. The van der Waals surface area contributed by atoms with Gasteiger partial charge < -0.3 is 15.6 Å². The SMILES string of the molecule is NCC1CCC2N=C(Cc3ccccc3O)OC2C1. The Hall–Kier alpha value is -1.55. The minimum atomic E-state index is 0.197. The molecule has 19 heavy (non-hydrogen) atoms. The maximum Gasteiger partial charge on any atom is 0.188 e. The molecular formula is C15H20N2O2. The van der Waals surface area contributed by atoms with Crippen LogP contribution in [0.25, 0.3) is 0 Å². The number of hydrogen-bond donors (Lipinski definition) is 2. The molecule has 1 fully saturated rings. The number of hydrogen-bond acceptors (Lipinski definition) is 4. The summed E-state index contributed by atoms with van der Waals surface area (Å²) < 4.78 is 5.94. The van der Waals surface area contributed by atoms with Gasteiger partial charge in [-0.25, -0.2) is 4.99 Å². The van der Waals surface area contributed by atoms with Crippen LogP contribution in [0.15, 0.2) is 29.3 Å². The molecule has 1 aromatic carbocycles. The molecule has 1 aliphatic carbocycles. The van der Waals surface area contributed by atoms with E-state index in [2.05, 4.69) is 4.99 Å². The number of rotatable bonds is 3. The second kappa shape index (κ2) is 5.21. The van der Waals surface area contributed by atoms with Crippen LogP contribution < -0.4 is 5.73 Å². The Morgan fingerprint density at radius 1 is 1.32 bits per heavy atom. The molecule has 0 bridgehead atoms. The van der Waals surface area contributed by atoms with Gasteiger partial charge in [0.05, 0.1) is 12.5 Å². The van der Waals surface area contributed by atoms with E-state index < -0.39 is 0 Å². The number of nitrogens with two attached hydrogens (primary N) is 1. The predicted octanol–water partition coefficient (Wildman–Crippen LogP) is 1.86. The van der Waals surface area contributed by atoms with Gasteiger partial charge in [0, 0.05) is 5.56 Å². The van der Waals surface area contributed by atoms with Gasteiger partial charge in [0.1, 0.15) is 11.9 Å². The fourth-order valence-corrected chi connectivity index (χ4v) is 2.98. The van der Waals surface area contributed by atoms with Crippen molar-refractivity contribution in [3.63, 3.8) is 0 Å². The Morgan fingerprint density at radius 3 is 2.95 bits per heavy atom. The molecule has 1 saturated carbocycles. The van der Waals surface area contributed by atoms with Crippen molar-refractivity contribution in [3.05, 3.63) is 29.8 Å². The van der Waals surface area contributed by atoms with Gasteiger partial charge in [-0.2, -0.15) is 0 Å². The maximum absolute atomic E-state index is 9.78. The molecule has 3 unspecified atom stereocenters. The van der Waals surface area contributed by atoms with E-state index in [1.165, 1.54) is 0 Å². The topological polar surface area (TPSA) is 67.8 Å². The Kier molecular flexibility index (Phi) is 3.42. The lowest BCUT2D eigenvalue weighted by atomic mass is 9.84. The summed E-state index contributed by atoms with van der Waals surface area (Å²) in [5.74, 6) is 1.64. The molecule has 3 rings (SSSR count). The Balaban J connectivity index is 1.67. The van der Waals surface area contributed by atoms with Crippen LogP contribution >= 0.6 is 0 Å². The van der Waals surface area contributed by atoms with E-state index in [1.54, 1.807) is 6.07 Å². The first-order valence-electron chi connectivity index (χ1n) is 6.96. The highest BCUT2D eigenvalue weighted by molar-refractivity contribution is 5.81. The fraction of sp³-hybridized carbons (Fsp3) is 0.533. The largest absolute Gasteiger partial charge is 0.508 e. The number of nitrogens with zero attached hydrogens (tertiary/aromatic N) is 1. The summed E-state index contributed by atoms with van der Waals surface area (Å²) in [6.07, 6.45) is 4.00. The fourth-order valence-electron chi connectivity index (χ4n) is 2.98. The molecule has 1 heterocycles. The average Bonchev–Trinajstić information content (AvgIpc) is 2.82. The van der Waals surface area contributed by atoms with Crippen molar-refractivity contribution in [1.82, 2.24) is 0 Å². The van der Waals surface area contributed by atoms with Crippen LogP contribution in [0.2, 0.25) is 0 Å². The number of fused-ring (bicyclic) bond motifs is 1. The molecule has 3 atom stereocenters. The van der Waals surface area contributed by atoms with Crippen molar-refractivity contribution in [2.24, 2.45) is 16.6 Å². The molecule has 102 valence electrons. The number of aliphatic imine (C=N–C) groups is 1. The van der Waals surface area contributed by atoms with Crippen LogP contribution in [0.5, 0.6) is 5.75 Å². The van der Waals surface area contributed by atoms with Crippen LogP contribution in [0, 0.1) is 5.92 Å². The van der Waals surface area contributed by atoms with Crippen LogP contribution in [0.4, 0.5) is 0 Å². The van der Waals surface area contributed by atoms with Crippen LogP contribution in [-0.2, 0) is 11.2 Å². The molecule has 0 radical (unpaired) electrons. The average molecular weight is 260 g/mol. The number of para-hydroxylation sites is 1. The van der Waals surface area contributed by atoms with E-state index in [1.807, 2.05) is 18.2 Å². The number of ether oxygens (including phenoxy) is 1. The highest BCUT2D eigenvalue weighted by Gasteiger charge is 2.36. The van der Waals surface area contributed by atoms with Gasteiger partial charge in [0.25, 0.3) is 0 Å². The lowest BCUT2D eigenvalue weighted by Crippen LogP contribution is -2.34. The molecule has 3 N–H and O–H groups in total. The van der Waals surface area contributed by atoms with Crippen molar-refractivity contribution in [2.75, 3.05) is 6.54 Å². The van der Waals surface area contributed by atoms with E-state index in [9.17, 15) is 5.11 Å². The molecular weight excluding hydrogens is 240 g/mol. The Bertz CT molecular complexity index is 487. The zero-order valence-electron chi connectivity index (χ0n) is 11.0. The highest BCUT2D eigenvalue weighted by atomic mass is 16.5. The van der Waals surface area contributed by atoms with Crippen molar-refractivity contribution in [1.29, 1.82) is 0 Å². The van der Waals surface area contributed by atoms with Crippen molar-refractivity contribution >= 4 is 5.90 Å². The highest BCUT2D eigenvalue weighted by Crippen LogP contribution is 2.32.